The molecule has 1 aromatic carbocycles. The maximum atomic E-state index is 11.0. The van der Waals surface area contributed by atoms with Gasteiger partial charge in [-0.1, -0.05) is 12.1 Å². The predicted octanol–water partition coefficient (Wildman–Crippen LogP) is 2.58. The molecule has 5 nitrogen and oxygen atoms in total. The van der Waals surface area contributed by atoms with E-state index in [9.17, 15) is 4.79 Å². The third-order valence-corrected chi connectivity index (χ3v) is 4.51. The van der Waals surface area contributed by atoms with E-state index < -0.39 is 5.97 Å². The number of hydrogen-bond acceptors (Lipinski definition) is 4. The van der Waals surface area contributed by atoms with Crippen molar-refractivity contribution in [3.63, 3.8) is 0 Å². The Morgan fingerprint density at radius 1 is 1.18 bits per heavy atom. The normalized spacial score (nSPS) is 24.5. The summed E-state index contributed by atoms with van der Waals surface area (Å²) in [4.78, 5) is 11.0. The minimum absolute atomic E-state index is 0.164. The monoisotopic (exact) mass is 305 g/mol. The van der Waals surface area contributed by atoms with Crippen molar-refractivity contribution in [2.75, 3.05) is 13.2 Å². The lowest BCUT2D eigenvalue weighted by atomic mass is 9.86. The van der Waals surface area contributed by atoms with Gasteiger partial charge in [0.15, 0.2) is 11.5 Å². The molecule has 1 heterocycles. The summed E-state index contributed by atoms with van der Waals surface area (Å²) in [6, 6.07) is 6.38. The highest BCUT2D eigenvalue weighted by atomic mass is 16.5. The summed E-state index contributed by atoms with van der Waals surface area (Å²) in [5, 5.41) is 12.6. The fourth-order valence-corrected chi connectivity index (χ4v) is 3.19. The summed E-state index contributed by atoms with van der Waals surface area (Å²) in [5.41, 5.74) is 1.11. The molecule has 0 saturated heterocycles. The molecular formula is C17H23NO4. The summed E-state index contributed by atoms with van der Waals surface area (Å²) in [6.07, 6.45) is 4.27. The van der Waals surface area contributed by atoms with E-state index in [1.54, 1.807) is 0 Å². The summed E-state index contributed by atoms with van der Waals surface area (Å²) in [7, 11) is 0. The highest BCUT2D eigenvalue weighted by molar-refractivity contribution is 5.70. The van der Waals surface area contributed by atoms with Gasteiger partial charge in [0.1, 0.15) is 0 Å². The molecule has 1 aromatic rings. The first-order chi connectivity index (χ1) is 10.7. The van der Waals surface area contributed by atoms with E-state index >= 15 is 0 Å². The number of fused-ring (bicyclic) bond motifs is 1. The number of hydrogen-bond donors (Lipinski definition) is 2. The molecule has 22 heavy (non-hydrogen) atoms. The minimum Gasteiger partial charge on any atom is -0.490 e. The molecule has 0 radical (unpaired) electrons. The van der Waals surface area contributed by atoms with Crippen LogP contribution >= 0.6 is 0 Å². The lowest BCUT2D eigenvalue weighted by Crippen LogP contribution is -2.34. The van der Waals surface area contributed by atoms with Gasteiger partial charge in [-0.15, -0.1) is 0 Å². The van der Waals surface area contributed by atoms with Crippen molar-refractivity contribution in [2.24, 2.45) is 5.92 Å². The van der Waals surface area contributed by atoms with Crippen molar-refractivity contribution in [3.8, 4) is 11.5 Å². The van der Waals surface area contributed by atoms with Gasteiger partial charge in [-0.25, -0.2) is 0 Å². The van der Waals surface area contributed by atoms with E-state index in [2.05, 4.69) is 11.4 Å². The van der Waals surface area contributed by atoms with Crippen LogP contribution in [0, 0.1) is 5.92 Å². The largest absolute Gasteiger partial charge is 0.490 e. The molecule has 1 saturated carbocycles. The second-order valence-corrected chi connectivity index (χ2v) is 6.06. The molecule has 1 fully saturated rings. The fraction of sp³-hybridized carbons (Fsp3) is 0.588. The Balaban J connectivity index is 1.57. The van der Waals surface area contributed by atoms with Crippen molar-refractivity contribution >= 4 is 5.97 Å². The van der Waals surface area contributed by atoms with Gasteiger partial charge >= 0.3 is 5.97 Å². The number of carbonyl (C=O) groups is 1. The second kappa shape index (κ2) is 7.01. The average molecular weight is 305 g/mol. The molecule has 0 amide bonds. The highest BCUT2D eigenvalue weighted by Gasteiger charge is 2.25. The standard InChI is InChI=1S/C17H23NO4/c19-17(20)12-5-7-14(8-6-12)18-11-13-3-1-4-15-16(13)22-10-2-9-21-15/h1,3-4,12,14,18H,2,5-11H2,(H,19,20). The second-order valence-electron chi connectivity index (χ2n) is 6.06. The topological polar surface area (TPSA) is 67.8 Å². The van der Waals surface area contributed by atoms with Gasteiger partial charge in [0.25, 0.3) is 0 Å². The van der Waals surface area contributed by atoms with E-state index in [0.29, 0.717) is 19.3 Å². The van der Waals surface area contributed by atoms with Gasteiger partial charge in [0, 0.05) is 24.6 Å². The Bertz CT molecular complexity index is 523. The van der Waals surface area contributed by atoms with Crippen molar-refractivity contribution in [3.05, 3.63) is 23.8 Å². The number of ether oxygens (including phenoxy) is 2. The van der Waals surface area contributed by atoms with Gasteiger partial charge in [0.05, 0.1) is 19.1 Å². The molecule has 0 atom stereocenters. The van der Waals surface area contributed by atoms with Crippen LogP contribution in [-0.4, -0.2) is 30.3 Å². The van der Waals surface area contributed by atoms with Gasteiger partial charge in [-0.3, -0.25) is 4.79 Å². The van der Waals surface area contributed by atoms with Crippen LogP contribution in [-0.2, 0) is 11.3 Å². The zero-order chi connectivity index (χ0) is 15.4. The number of carboxylic acids is 1. The molecule has 0 aromatic heterocycles. The van der Waals surface area contributed by atoms with Crippen LogP contribution in [0.5, 0.6) is 11.5 Å². The highest BCUT2D eigenvalue weighted by Crippen LogP contribution is 2.33. The van der Waals surface area contributed by atoms with Gasteiger partial charge in [-0.2, -0.15) is 0 Å². The van der Waals surface area contributed by atoms with Crippen LogP contribution in [0.4, 0.5) is 0 Å². The minimum atomic E-state index is -0.655. The summed E-state index contributed by atoms with van der Waals surface area (Å²) < 4.78 is 11.5. The van der Waals surface area contributed by atoms with Crippen LogP contribution in [0.1, 0.15) is 37.7 Å². The first kappa shape index (κ1) is 15.2. The van der Waals surface area contributed by atoms with Gasteiger partial charge < -0.3 is 19.9 Å². The summed E-state index contributed by atoms with van der Waals surface area (Å²) in [6.45, 7) is 2.12. The Morgan fingerprint density at radius 2 is 1.95 bits per heavy atom. The Hall–Kier alpha value is -1.75. The SMILES string of the molecule is O=C(O)C1CCC(NCc2cccc3c2OCCCO3)CC1. The number of carboxylic acid groups (broad SMARTS) is 1. The molecule has 3 rings (SSSR count). The third-order valence-electron chi connectivity index (χ3n) is 4.51. The fourth-order valence-electron chi connectivity index (χ4n) is 3.19. The molecule has 1 aliphatic carbocycles. The Labute approximate surface area is 130 Å². The smallest absolute Gasteiger partial charge is 0.306 e. The average Bonchev–Trinajstić information content (AvgIpc) is 2.79. The zero-order valence-electron chi connectivity index (χ0n) is 12.7. The van der Waals surface area contributed by atoms with E-state index in [1.165, 1.54) is 0 Å². The van der Waals surface area contributed by atoms with E-state index in [4.69, 9.17) is 14.6 Å². The van der Waals surface area contributed by atoms with Crippen molar-refractivity contribution < 1.29 is 19.4 Å². The van der Waals surface area contributed by atoms with Crippen LogP contribution in [0.15, 0.2) is 18.2 Å². The molecule has 1 aliphatic heterocycles. The van der Waals surface area contributed by atoms with Crippen molar-refractivity contribution in [1.29, 1.82) is 0 Å². The van der Waals surface area contributed by atoms with Crippen LogP contribution in [0.2, 0.25) is 0 Å². The van der Waals surface area contributed by atoms with Crippen molar-refractivity contribution in [2.45, 2.75) is 44.7 Å². The van der Waals surface area contributed by atoms with Crippen molar-refractivity contribution in [1.82, 2.24) is 5.32 Å². The van der Waals surface area contributed by atoms with E-state index in [0.717, 1.165) is 55.7 Å². The molecular weight excluding hydrogens is 282 g/mol. The molecule has 2 aliphatic rings. The molecule has 0 spiro atoms. The Kier molecular flexibility index (Phi) is 4.83. The quantitative estimate of drug-likeness (QED) is 0.895. The van der Waals surface area contributed by atoms with Gasteiger partial charge in [-0.05, 0) is 31.7 Å². The number of benzene rings is 1. The third kappa shape index (κ3) is 3.53. The first-order valence-electron chi connectivity index (χ1n) is 8.07. The number of nitrogens with one attached hydrogen (secondary N) is 1. The number of para-hydroxylation sites is 1. The molecule has 2 N–H and O–H groups in total. The maximum absolute atomic E-state index is 11.0. The lowest BCUT2D eigenvalue weighted by Gasteiger charge is -2.27. The lowest BCUT2D eigenvalue weighted by molar-refractivity contribution is -0.142. The number of rotatable bonds is 4. The van der Waals surface area contributed by atoms with Crippen LogP contribution < -0.4 is 14.8 Å². The summed E-state index contributed by atoms with van der Waals surface area (Å²) >= 11 is 0. The zero-order valence-corrected chi connectivity index (χ0v) is 12.7. The molecule has 120 valence electrons. The molecule has 5 heteroatoms. The Morgan fingerprint density at radius 3 is 2.73 bits per heavy atom. The molecule has 0 bridgehead atoms. The van der Waals surface area contributed by atoms with Crippen LogP contribution in [0.25, 0.3) is 0 Å². The van der Waals surface area contributed by atoms with Gasteiger partial charge in [0.2, 0.25) is 0 Å². The first-order valence-corrected chi connectivity index (χ1v) is 8.07. The predicted molar refractivity (Wildman–Crippen MR) is 82.3 cm³/mol. The van der Waals surface area contributed by atoms with Crippen LogP contribution in [0.3, 0.4) is 0 Å². The van der Waals surface area contributed by atoms with E-state index in [1.807, 2.05) is 12.1 Å². The van der Waals surface area contributed by atoms with E-state index in [-0.39, 0.29) is 5.92 Å². The number of aliphatic carboxylic acids is 1. The summed E-state index contributed by atoms with van der Waals surface area (Å²) in [5.74, 6) is 0.860. The molecule has 0 unspecified atom stereocenters. The maximum Gasteiger partial charge on any atom is 0.306 e.